The summed E-state index contributed by atoms with van der Waals surface area (Å²) in [5, 5.41) is 0. The summed E-state index contributed by atoms with van der Waals surface area (Å²) in [5.74, 6) is 0. The van der Waals surface area contributed by atoms with Crippen LogP contribution in [-0.4, -0.2) is 9.97 Å². The average Bonchev–Trinajstić information content (AvgIpc) is 2.90. The van der Waals surface area contributed by atoms with Gasteiger partial charge in [-0.2, -0.15) is 0 Å². The monoisotopic (exact) mass is 426 g/mol. The first-order chi connectivity index (χ1) is 16.4. The van der Waals surface area contributed by atoms with Gasteiger partial charge in [0.15, 0.2) is 0 Å². The molecule has 0 atom stereocenters. The Morgan fingerprint density at radius 3 is 1.97 bits per heavy atom. The van der Waals surface area contributed by atoms with Crippen LogP contribution in [-0.2, 0) is 19.3 Å². The molecule has 5 rings (SSSR count). The summed E-state index contributed by atoms with van der Waals surface area (Å²) in [6, 6.07) is 38.1. The summed E-state index contributed by atoms with van der Waals surface area (Å²) in [5.41, 5.74) is 9.72. The van der Waals surface area contributed by atoms with Gasteiger partial charge in [0.25, 0.3) is 0 Å². The Morgan fingerprint density at radius 1 is 0.485 bits per heavy atom. The van der Waals surface area contributed by atoms with Crippen LogP contribution < -0.4 is 0 Å². The second-order valence-electron chi connectivity index (χ2n) is 8.24. The average molecular weight is 427 g/mol. The quantitative estimate of drug-likeness (QED) is 0.275. The normalized spacial score (nSPS) is 10.8. The van der Waals surface area contributed by atoms with E-state index in [0.717, 1.165) is 36.2 Å². The molecule has 33 heavy (non-hydrogen) atoms. The standard InChI is InChI=1S/C31H26N2/c1-2-11-26(12-3-1)30-20-18-24(23-33-30)17-19-25-10-4-5-13-27(25)22-28-14-6-7-15-29(28)31-16-8-9-21-32-31/h1-16,18,20-21,23H,17,19,22H2. The van der Waals surface area contributed by atoms with Gasteiger partial charge in [-0.15, -0.1) is 0 Å². The Hall–Kier alpha value is -4.04. The lowest BCUT2D eigenvalue weighted by atomic mass is 9.92. The van der Waals surface area contributed by atoms with E-state index in [4.69, 9.17) is 0 Å². The maximum absolute atomic E-state index is 4.69. The molecule has 160 valence electrons. The minimum absolute atomic E-state index is 0.897. The molecule has 2 aromatic heterocycles. The zero-order valence-electron chi connectivity index (χ0n) is 18.6. The van der Waals surface area contributed by atoms with E-state index in [0.29, 0.717) is 0 Å². The molecular formula is C31H26N2. The lowest BCUT2D eigenvalue weighted by molar-refractivity contribution is 0.930. The largest absolute Gasteiger partial charge is 0.256 e. The first-order valence-corrected chi connectivity index (χ1v) is 11.4. The molecule has 0 fully saturated rings. The number of hydrogen-bond acceptors (Lipinski definition) is 2. The fraction of sp³-hybridized carbons (Fsp3) is 0.0968. The molecule has 2 nitrogen and oxygen atoms in total. The van der Waals surface area contributed by atoms with Crippen molar-refractivity contribution in [1.82, 2.24) is 9.97 Å². The molecule has 2 heteroatoms. The second kappa shape index (κ2) is 10.1. The molecule has 0 bridgehead atoms. The number of aromatic nitrogens is 2. The maximum Gasteiger partial charge on any atom is 0.0704 e. The number of rotatable bonds is 7. The molecule has 0 aliphatic rings. The molecule has 0 spiro atoms. The van der Waals surface area contributed by atoms with Crippen molar-refractivity contribution in [3.63, 3.8) is 0 Å². The summed E-state index contributed by atoms with van der Waals surface area (Å²) in [6.07, 6.45) is 6.74. The Kier molecular flexibility index (Phi) is 6.35. The van der Waals surface area contributed by atoms with Gasteiger partial charge >= 0.3 is 0 Å². The minimum atomic E-state index is 0.897. The van der Waals surface area contributed by atoms with Gasteiger partial charge in [-0.05, 0) is 59.7 Å². The number of pyridine rings is 2. The smallest absolute Gasteiger partial charge is 0.0704 e. The van der Waals surface area contributed by atoms with Crippen molar-refractivity contribution in [3.05, 3.63) is 144 Å². The fourth-order valence-corrected chi connectivity index (χ4v) is 4.26. The van der Waals surface area contributed by atoms with Crippen LogP contribution in [0.1, 0.15) is 22.3 Å². The van der Waals surface area contributed by atoms with Gasteiger partial charge in [0.1, 0.15) is 0 Å². The van der Waals surface area contributed by atoms with Gasteiger partial charge in [-0.25, -0.2) is 0 Å². The highest BCUT2D eigenvalue weighted by atomic mass is 14.7. The van der Waals surface area contributed by atoms with Crippen molar-refractivity contribution >= 4 is 0 Å². The van der Waals surface area contributed by atoms with Crippen molar-refractivity contribution in [3.8, 4) is 22.5 Å². The third kappa shape index (κ3) is 5.07. The first-order valence-electron chi connectivity index (χ1n) is 11.4. The molecule has 0 saturated carbocycles. The summed E-state index contributed by atoms with van der Waals surface area (Å²) >= 11 is 0. The summed E-state index contributed by atoms with van der Waals surface area (Å²) in [6.45, 7) is 0. The molecule has 0 amide bonds. The van der Waals surface area contributed by atoms with E-state index in [-0.39, 0.29) is 0 Å². The molecule has 0 N–H and O–H groups in total. The molecular weight excluding hydrogens is 400 g/mol. The number of hydrogen-bond donors (Lipinski definition) is 0. The van der Waals surface area contributed by atoms with Crippen LogP contribution >= 0.6 is 0 Å². The van der Waals surface area contributed by atoms with E-state index >= 15 is 0 Å². The summed E-state index contributed by atoms with van der Waals surface area (Å²) in [4.78, 5) is 9.26. The maximum atomic E-state index is 4.69. The van der Waals surface area contributed by atoms with Crippen LogP contribution in [0.4, 0.5) is 0 Å². The summed E-state index contributed by atoms with van der Waals surface area (Å²) in [7, 11) is 0. The highest BCUT2D eigenvalue weighted by molar-refractivity contribution is 5.64. The minimum Gasteiger partial charge on any atom is -0.256 e. The number of benzene rings is 3. The fourth-order valence-electron chi connectivity index (χ4n) is 4.26. The van der Waals surface area contributed by atoms with Crippen molar-refractivity contribution in [1.29, 1.82) is 0 Å². The highest BCUT2D eigenvalue weighted by Crippen LogP contribution is 2.25. The van der Waals surface area contributed by atoms with Crippen molar-refractivity contribution in [2.24, 2.45) is 0 Å². The van der Waals surface area contributed by atoms with Crippen molar-refractivity contribution < 1.29 is 0 Å². The SMILES string of the molecule is c1ccc(-c2ccc(CCc3ccccc3Cc3ccccc3-c3ccccn3)cn2)cc1. The van der Waals surface area contributed by atoms with Crippen LogP contribution in [0.2, 0.25) is 0 Å². The Balaban J connectivity index is 1.33. The molecule has 2 heterocycles. The molecule has 3 aromatic carbocycles. The highest BCUT2D eigenvalue weighted by Gasteiger charge is 2.09. The zero-order chi connectivity index (χ0) is 22.3. The third-order valence-corrected chi connectivity index (χ3v) is 6.03. The van der Waals surface area contributed by atoms with Crippen molar-refractivity contribution in [2.75, 3.05) is 0 Å². The number of nitrogens with zero attached hydrogens (tertiary/aromatic N) is 2. The van der Waals surface area contributed by atoms with Crippen LogP contribution in [0.5, 0.6) is 0 Å². The number of aryl methyl sites for hydroxylation is 2. The Bertz CT molecular complexity index is 1310. The lowest BCUT2D eigenvalue weighted by Gasteiger charge is -2.13. The predicted molar refractivity (Wildman–Crippen MR) is 136 cm³/mol. The van der Waals surface area contributed by atoms with Gasteiger partial charge in [0, 0.05) is 23.5 Å². The van der Waals surface area contributed by atoms with Gasteiger partial charge in [-0.3, -0.25) is 9.97 Å². The van der Waals surface area contributed by atoms with Gasteiger partial charge in [-0.1, -0.05) is 91.0 Å². The second-order valence-corrected chi connectivity index (χ2v) is 8.24. The predicted octanol–water partition coefficient (Wildman–Crippen LogP) is 7.19. The van der Waals surface area contributed by atoms with Crippen molar-refractivity contribution in [2.45, 2.75) is 19.3 Å². The Labute approximate surface area is 195 Å². The first kappa shape index (κ1) is 20.8. The van der Waals surface area contributed by atoms with Crippen LogP contribution in [0, 0.1) is 0 Å². The third-order valence-electron chi connectivity index (χ3n) is 6.03. The van der Waals surface area contributed by atoms with E-state index in [2.05, 4.69) is 88.8 Å². The topological polar surface area (TPSA) is 25.8 Å². The lowest BCUT2D eigenvalue weighted by Crippen LogP contribution is -2.00. The molecule has 0 aliphatic carbocycles. The van der Waals surface area contributed by atoms with Gasteiger partial charge < -0.3 is 0 Å². The van der Waals surface area contributed by atoms with E-state index in [1.54, 1.807) is 0 Å². The Morgan fingerprint density at radius 2 is 1.21 bits per heavy atom. The molecule has 0 aliphatic heterocycles. The molecule has 0 radical (unpaired) electrons. The zero-order valence-corrected chi connectivity index (χ0v) is 18.6. The molecule has 0 saturated heterocycles. The van der Waals surface area contributed by atoms with Crippen LogP contribution in [0.25, 0.3) is 22.5 Å². The van der Waals surface area contributed by atoms with E-state index in [1.807, 2.05) is 42.7 Å². The van der Waals surface area contributed by atoms with E-state index < -0.39 is 0 Å². The van der Waals surface area contributed by atoms with Gasteiger partial charge in [0.05, 0.1) is 11.4 Å². The molecule has 5 aromatic rings. The molecule has 0 unspecified atom stereocenters. The van der Waals surface area contributed by atoms with Gasteiger partial charge in [0.2, 0.25) is 0 Å². The van der Waals surface area contributed by atoms with E-state index in [1.165, 1.54) is 27.8 Å². The van der Waals surface area contributed by atoms with Crippen LogP contribution in [0.15, 0.2) is 122 Å². The van der Waals surface area contributed by atoms with Crippen LogP contribution in [0.3, 0.4) is 0 Å². The summed E-state index contributed by atoms with van der Waals surface area (Å²) < 4.78 is 0. The van der Waals surface area contributed by atoms with E-state index in [9.17, 15) is 0 Å².